The number of methoxy groups -OCH3 is 1. The highest BCUT2D eigenvalue weighted by Crippen LogP contribution is 2.67. The maximum Gasteiger partial charge on any atom is 0.417 e. The number of ether oxygens (including phenoxy) is 7. The molecule has 0 amide bonds. The maximum absolute atomic E-state index is 13.8. The molecular formula is C45H65N5O14. The molecule has 0 radical (unpaired) electrons. The number of piperazine rings is 1. The molecule has 19 nitrogen and oxygen atoms in total. The third-order valence-electron chi connectivity index (χ3n) is 13.8. The van der Waals surface area contributed by atoms with Gasteiger partial charge in [-0.1, -0.05) is 32.1 Å². The monoisotopic (exact) mass is 899 g/mol. The zero-order valence-electron chi connectivity index (χ0n) is 37.8. The molecule has 3 heterocycles. The smallest absolute Gasteiger partial charge is 0.417 e. The molecule has 0 spiro atoms. The van der Waals surface area contributed by atoms with Crippen LogP contribution in [0.3, 0.4) is 0 Å². The first-order chi connectivity index (χ1) is 30.6. The number of likely N-dealkylation sites (N-methyl/N-ethyl adjacent to an activating group) is 2. The molecule has 354 valence electrons. The van der Waals surface area contributed by atoms with Gasteiger partial charge in [-0.3, -0.25) is 4.90 Å². The van der Waals surface area contributed by atoms with Crippen molar-refractivity contribution in [3.63, 3.8) is 0 Å². The molecule has 64 heavy (non-hydrogen) atoms. The second-order valence-corrected chi connectivity index (χ2v) is 17.7. The summed E-state index contributed by atoms with van der Waals surface area (Å²) in [4.78, 5) is 86.5. The van der Waals surface area contributed by atoms with Gasteiger partial charge in [-0.25, -0.2) is 28.8 Å². The number of cyclic esters (lactones) is 1. The van der Waals surface area contributed by atoms with E-state index in [4.69, 9.17) is 33.2 Å². The van der Waals surface area contributed by atoms with Crippen LogP contribution in [-0.4, -0.2) is 179 Å². The molecule has 0 bridgehead atoms. The molecule has 0 aromatic carbocycles. The Morgan fingerprint density at radius 3 is 2.34 bits per heavy atom. The molecule has 2 saturated carbocycles. The molecule has 3 aliphatic carbocycles. The lowest BCUT2D eigenvalue weighted by Gasteiger charge is -2.61. The Bertz CT molecular complexity index is 1880. The van der Waals surface area contributed by atoms with Crippen molar-refractivity contribution >= 4 is 35.8 Å². The molecule has 19 heteroatoms. The largest absolute Gasteiger partial charge is 0.457 e. The summed E-state index contributed by atoms with van der Waals surface area (Å²) in [6.07, 6.45) is 1.92. The van der Waals surface area contributed by atoms with Crippen LogP contribution >= 0.6 is 0 Å². The van der Waals surface area contributed by atoms with Gasteiger partial charge in [-0.05, 0) is 58.0 Å². The predicted octanol–water partition coefficient (Wildman–Crippen LogP) is 0.485. The number of carbonyl (C=O) groups excluding carboxylic acids is 6. The molecule has 1 aromatic heterocycles. The number of nitrogens with zero attached hydrogens (tertiary/aromatic N) is 2. The normalized spacial score (nSPS) is 34.0. The number of nitrogens with one attached hydrogen (secondary N) is 3. The van der Waals surface area contributed by atoms with Crippen molar-refractivity contribution in [1.82, 2.24) is 25.4 Å². The summed E-state index contributed by atoms with van der Waals surface area (Å²) in [7, 11) is 5.20. The Labute approximate surface area is 373 Å². The van der Waals surface area contributed by atoms with Gasteiger partial charge in [0.05, 0.1) is 5.60 Å². The second-order valence-electron chi connectivity index (χ2n) is 17.7. The molecular weight excluding hydrogens is 835 g/mol. The van der Waals surface area contributed by atoms with E-state index in [-0.39, 0.29) is 31.2 Å². The molecule has 13 atom stereocenters. The van der Waals surface area contributed by atoms with Gasteiger partial charge in [-0.15, -0.1) is 0 Å². The molecule has 5 aliphatic rings. The van der Waals surface area contributed by atoms with Gasteiger partial charge in [0, 0.05) is 101 Å². The third kappa shape index (κ3) is 10.6. The lowest BCUT2D eigenvalue weighted by molar-refractivity contribution is -0.197. The number of aliphatic hydroxyl groups is 1. The Hall–Kier alpha value is -4.66. The summed E-state index contributed by atoms with van der Waals surface area (Å²) in [6.45, 7) is 12.2. The highest BCUT2D eigenvalue weighted by Gasteiger charge is 2.72. The van der Waals surface area contributed by atoms with E-state index in [1.807, 2.05) is 26.2 Å². The van der Waals surface area contributed by atoms with Gasteiger partial charge in [0.1, 0.15) is 43.3 Å². The number of H-pyrrole nitrogens is 1. The lowest BCUT2D eigenvalue weighted by atomic mass is 9.46. The number of hydrogen-bond donors (Lipinski definition) is 4. The quantitative estimate of drug-likeness (QED) is 0.0617. The Kier molecular flexibility index (Phi) is 16.4. The van der Waals surface area contributed by atoms with Crippen molar-refractivity contribution in [2.24, 2.45) is 41.4 Å². The van der Waals surface area contributed by atoms with Gasteiger partial charge >= 0.3 is 35.8 Å². The summed E-state index contributed by atoms with van der Waals surface area (Å²) in [5.74, 6) is -10.3. The van der Waals surface area contributed by atoms with Crippen LogP contribution in [0.2, 0.25) is 0 Å². The molecule has 2 aliphatic heterocycles. The predicted molar refractivity (Wildman–Crippen MR) is 227 cm³/mol. The first-order valence-corrected chi connectivity index (χ1v) is 22.3. The summed E-state index contributed by atoms with van der Waals surface area (Å²) in [6, 6.07) is 3.25. The maximum atomic E-state index is 13.8. The van der Waals surface area contributed by atoms with Crippen molar-refractivity contribution in [1.29, 1.82) is 0 Å². The summed E-state index contributed by atoms with van der Waals surface area (Å²) >= 11 is 0. The Morgan fingerprint density at radius 1 is 0.953 bits per heavy atom. The first-order valence-electron chi connectivity index (χ1n) is 22.3. The van der Waals surface area contributed by atoms with Crippen LogP contribution in [0.5, 0.6) is 0 Å². The molecule has 4 N–H and O–H groups in total. The van der Waals surface area contributed by atoms with Gasteiger partial charge in [0.25, 0.3) is 0 Å². The van der Waals surface area contributed by atoms with Gasteiger partial charge in [0.15, 0.2) is 6.10 Å². The summed E-state index contributed by atoms with van der Waals surface area (Å²) in [5.41, 5.74) is -0.962. The van der Waals surface area contributed by atoms with Crippen LogP contribution in [0.1, 0.15) is 44.6 Å². The van der Waals surface area contributed by atoms with Gasteiger partial charge in [0.2, 0.25) is 0 Å². The number of carbonyl (C=O) groups is 6. The fraction of sp³-hybridized carbons (Fsp3) is 0.689. The number of hydrogen-bond acceptors (Lipinski definition) is 18. The van der Waals surface area contributed by atoms with E-state index in [0.717, 1.165) is 26.2 Å². The molecule has 1 aromatic rings. The van der Waals surface area contributed by atoms with Crippen LogP contribution in [-0.2, 0) is 57.1 Å². The van der Waals surface area contributed by atoms with Crippen molar-refractivity contribution in [3.8, 4) is 0 Å². The number of aromatic amines is 1. The summed E-state index contributed by atoms with van der Waals surface area (Å²) in [5, 5.41) is 19.4. The van der Waals surface area contributed by atoms with Crippen LogP contribution < -0.4 is 10.6 Å². The number of fused-ring (bicyclic) bond motifs is 6. The zero-order valence-corrected chi connectivity index (χ0v) is 37.8. The average Bonchev–Trinajstić information content (AvgIpc) is 3.88. The second kappa shape index (κ2) is 21.6. The SMILES string of the molecule is CNCCNCCOC(=O)C(=O)OC1C2C3C(C=C[C@@H]4C[C@H](OC)C(=O)O[C@H]([C@@H](C)OC(=O)C(=O)OCCN5CCN(C)CC5)[C@H](C)/C=C(\C)[C@@]34O)[C@@H]2[C@H](OC(=O)c2ccc[nH]2)[C@@H]1C. The van der Waals surface area contributed by atoms with Crippen LogP contribution in [0.25, 0.3) is 0 Å². The van der Waals surface area contributed by atoms with E-state index in [0.29, 0.717) is 31.8 Å². The Morgan fingerprint density at radius 2 is 1.66 bits per heavy atom. The van der Waals surface area contributed by atoms with E-state index in [2.05, 4.69) is 25.4 Å². The molecule has 4 unspecified atom stereocenters. The number of esters is 6. The van der Waals surface area contributed by atoms with E-state index in [9.17, 15) is 33.9 Å². The highest BCUT2D eigenvalue weighted by molar-refractivity contribution is 6.30. The van der Waals surface area contributed by atoms with E-state index in [1.165, 1.54) is 14.0 Å². The van der Waals surface area contributed by atoms with Crippen molar-refractivity contribution in [2.45, 2.75) is 70.2 Å². The minimum Gasteiger partial charge on any atom is -0.457 e. The molecule has 6 rings (SSSR count). The third-order valence-corrected chi connectivity index (χ3v) is 13.8. The number of allylic oxidation sites excluding steroid dienone is 1. The van der Waals surface area contributed by atoms with E-state index in [1.54, 1.807) is 45.2 Å². The summed E-state index contributed by atoms with van der Waals surface area (Å²) < 4.78 is 39.8. The average molecular weight is 900 g/mol. The van der Waals surface area contributed by atoms with Crippen molar-refractivity contribution in [2.75, 3.05) is 86.8 Å². The number of aromatic nitrogens is 1. The highest BCUT2D eigenvalue weighted by atomic mass is 16.6. The topological polar surface area (TPSA) is 234 Å². The van der Waals surface area contributed by atoms with E-state index < -0.39 is 107 Å². The molecule has 1 saturated heterocycles. The minimum atomic E-state index is -1.69. The minimum absolute atomic E-state index is 0.00450. The van der Waals surface area contributed by atoms with E-state index >= 15 is 0 Å². The fourth-order valence-corrected chi connectivity index (χ4v) is 10.4. The van der Waals surface area contributed by atoms with Gasteiger partial charge in [-0.2, -0.15) is 0 Å². The lowest BCUT2D eigenvalue weighted by Crippen LogP contribution is -2.65. The standard InChI is InChI=1S/C45H65N5O14/c1-25-23-26(2)45(57)29(24-32(58-7)40(52)62-36(25)28(4)61-43(55)41(53)60-22-20-50-18-16-49(6)17-19-50)10-11-30-33-34(35(30)45)38(27(3)37(33)63-39(51)31-9-8-12-48-31)64-44(56)42(54)59-21-15-47-14-13-46-5/h8-12,23,25,27-30,32-38,46-48,57H,13-22,24H2,1-7H3/b26-23+/t25-,27+,28-,29-,30?,32+,33+,34?,35?,36+,37-,38?,45+/m1/s1. The fourth-order valence-electron chi connectivity index (χ4n) is 10.4. The van der Waals surface area contributed by atoms with Crippen LogP contribution in [0, 0.1) is 41.4 Å². The van der Waals surface area contributed by atoms with Crippen LogP contribution in [0.4, 0.5) is 0 Å². The number of rotatable bonds is 15. The Balaban J connectivity index is 1.23. The van der Waals surface area contributed by atoms with Crippen molar-refractivity contribution < 1.29 is 67.0 Å². The van der Waals surface area contributed by atoms with Gasteiger partial charge < -0.3 is 58.8 Å². The van der Waals surface area contributed by atoms with Crippen molar-refractivity contribution in [3.05, 3.63) is 47.8 Å². The molecule has 3 fully saturated rings. The first kappa shape index (κ1) is 48.8. The van der Waals surface area contributed by atoms with Crippen LogP contribution in [0.15, 0.2) is 42.1 Å². The zero-order chi connectivity index (χ0) is 46.3.